The van der Waals surface area contributed by atoms with E-state index in [0.717, 1.165) is 6.42 Å². The molecule has 0 aliphatic carbocycles. The molecule has 6 nitrogen and oxygen atoms in total. The van der Waals surface area contributed by atoms with Crippen molar-refractivity contribution in [3.8, 4) is 0 Å². The molecule has 0 aliphatic heterocycles. The van der Waals surface area contributed by atoms with Crippen molar-refractivity contribution < 1.29 is 4.79 Å². The standard InChI is InChI=1S/C8H13N5O/c1-2-3-7(14)12-13-5-4-6(11-13)8(9)10/h4-5H,2-3H2,1H3,(H3,9,10)(H,12,14). The number of nitrogens with one attached hydrogen (secondary N) is 2. The van der Waals surface area contributed by atoms with E-state index in [1.165, 1.54) is 4.79 Å². The van der Waals surface area contributed by atoms with Gasteiger partial charge in [-0.05, 0) is 12.5 Å². The molecule has 0 radical (unpaired) electrons. The Kier molecular flexibility index (Phi) is 3.22. The van der Waals surface area contributed by atoms with Gasteiger partial charge in [-0.15, -0.1) is 5.10 Å². The highest BCUT2D eigenvalue weighted by Gasteiger charge is 2.03. The molecule has 4 N–H and O–H groups in total. The lowest BCUT2D eigenvalue weighted by Gasteiger charge is -2.02. The van der Waals surface area contributed by atoms with E-state index in [9.17, 15) is 4.79 Å². The van der Waals surface area contributed by atoms with E-state index in [1.807, 2.05) is 6.92 Å². The molecule has 0 aliphatic rings. The highest BCUT2D eigenvalue weighted by atomic mass is 16.2. The van der Waals surface area contributed by atoms with E-state index in [2.05, 4.69) is 10.5 Å². The summed E-state index contributed by atoms with van der Waals surface area (Å²) in [6.07, 6.45) is 2.78. The van der Waals surface area contributed by atoms with Gasteiger partial charge < -0.3 is 5.73 Å². The average Bonchev–Trinajstić information content (AvgIpc) is 2.53. The second kappa shape index (κ2) is 4.40. The van der Waals surface area contributed by atoms with Crippen molar-refractivity contribution in [1.82, 2.24) is 9.89 Å². The van der Waals surface area contributed by atoms with E-state index < -0.39 is 0 Å². The minimum absolute atomic E-state index is 0.106. The Hall–Kier alpha value is -1.85. The molecule has 1 amide bonds. The summed E-state index contributed by atoms with van der Waals surface area (Å²) in [4.78, 5) is 12.4. The number of nitrogens with zero attached hydrogens (tertiary/aromatic N) is 2. The highest BCUT2D eigenvalue weighted by molar-refractivity contribution is 5.93. The molecule has 1 aromatic rings. The maximum Gasteiger partial charge on any atom is 0.240 e. The molecule has 0 unspecified atom stereocenters. The Bertz CT molecular complexity index is 343. The van der Waals surface area contributed by atoms with Gasteiger partial charge in [-0.25, -0.2) is 5.43 Å². The maximum absolute atomic E-state index is 11.1. The average molecular weight is 195 g/mol. The molecule has 1 rings (SSSR count). The van der Waals surface area contributed by atoms with Gasteiger partial charge >= 0.3 is 0 Å². The summed E-state index contributed by atoms with van der Waals surface area (Å²) in [6.45, 7) is 1.92. The Balaban J connectivity index is 2.59. The first-order valence-corrected chi connectivity index (χ1v) is 4.33. The number of rotatable bonds is 4. The van der Waals surface area contributed by atoms with Crippen LogP contribution in [0.2, 0.25) is 0 Å². The predicted molar refractivity (Wildman–Crippen MR) is 52.5 cm³/mol. The zero-order chi connectivity index (χ0) is 10.6. The molecule has 14 heavy (non-hydrogen) atoms. The second-order valence-electron chi connectivity index (χ2n) is 2.84. The Morgan fingerprint density at radius 2 is 2.50 bits per heavy atom. The summed E-state index contributed by atoms with van der Waals surface area (Å²) in [5.74, 6) is -0.223. The van der Waals surface area contributed by atoms with Crippen LogP contribution in [0.3, 0.4) is 0 Å². The van der Waals surface area contributed by atoms with E-state index >= 15 is 0 Å². The van der Waals surface area contributed by atoms with Crippen LogP contribution in [0, 0.1) is 5.41 Å². The normalized spacial score (nSPS) is 9.79. The number of nitrogen functional groups attached to an aromatic ring is 1. The number of amides is 1. The van der Waals surface area contributed by atoms with Crippen molar-refractivity contribution in [2.24, 2.45) is 5.73 Å². The number of hydrogen-bond acceptors (Lipinski definition) is 3. The van der Waals surface area contributed by atoms with Crippen LogP contribution in [0.15, 0.2) is 12.3 Å². The highest BCUT2D eigenvalue weighted by Crippen LogP contribution is 1.93. The summed E-state index contributed by atoms with van der Waals surface area (Å²) in [5, 5.41) is 11.0. The Morgan fingerprint density at radius 1 is 1.79 bits per heavy atom. The maximum atomic E-state index is 11.1. The molecule has 0 aromatic carbocycles. The van der Waals surface area contributed by atoms with Crippen LogP contribution in [0.4, 0.5) is 0 Å². The molecular formula is C8H13N5O. The van der Waals surface area contributed by atoms with Crippen molar-refractivity contribution in [3.63, 3.8) is 0 Å². The van der Waals surface area contributed by atoms with Gasteiger partial charge in [0.2, 0.25) is 5.91 Å². The van der Waals surface area contributed by atoms with Crippen molar-refractivity contribution in [2.45, 2.75) is 19.8 Å². The van der Waals surface area contributed by atoms with Crippen LogP contribution >= 0.6 is 0 Å². The number of nitrogens with two attached hydrogens (primary N) is 1. The van der Waals surface area contributed by atoms with Gasteiger partial charge in [0.05, 0.1) is 0 Å². The van der Waals surface area contributed by atoms with Gasteiger partial charge in [0.25, 0.3) is 0 Å². The lowest BCUT2D eigenvalue weighted by molar-refractivity contribution is -0.117. The molecule has 1 heterocycles. The summed E-state index contributed by atoms with van der Waals surface area (Å²) in [6, 6.07) is 1.56. The predicted octanol–water partition coefficient (Wildman–Crippen LogP) is 0.0374. The molecule has 6 heteroatoms. The zero-order valence-electron chi connectivity index (χ0n) is 7.95. The molecule has 1 aromatic heterocycles. The topological polar surface area (TPSA) is 96.8 Å². The smallest absolute Gasteiger partial charge is 0.240 e. The molecule has 0 saturated carbocycles. The Morgan fingerprint density at radius 3 is 3.00 bits per heavy atom. The van der Waals surface area contributed by atoms with Crippen LogP contribution in [-0.2, 0) is 4.79 Å². The first-order chi connectivity index (χ1) is 6.63. The number of carbonyl (C=O) groups is 1. The van der Waals surface area contributed by atoms with Gasteiger partial charge in [-0.3, -0.25) is 10.2 Å². The van der Waals surface area contributed by atoms with E-state index in [-0.39, 0.29) is 11.7 Å². The quantitative estimate of drug-likeness (QED) is 0.467. The van der Waals surface area contributed by atoms with Crippen LogP contribution in [0.1, 0.15) is 25.5 Å². The molecule has 0 saturated heterocycles. The van der Waals surface area contributed by atoms with Gasteiger partial charge in [0.1, 0.15) is 11.5 Å². The number of amidine groups is 1. The third-order valence-corrected chi connectivity index (χ3v) is 1.58. The van der Waals surface area contributed by atoms with Crippen LogP contribution in [0.25, 0.3) is 0 Å². The SMILES string of the molecule is CCCC(=O)Nn1ccc(C(=N)N)n1. The van der Waals surface area contributed by atoms with Crippen LogP contribution in [0.5, 0.6) is 0 Å². The largest absolute Gasteiger partial charge is 0.382 e. The number of carbonyl (C=O) groups excluding carboxylic acids is 1. The summed E-state index contributed by atoms with van der Waals surface area (Å²) >= 11 is 0. The fourth-order valence-corrected chi connectivity index (χ4v) is 0.941. The molecular weight excluding hydrogens is 182 g/mol. The fraction of sp³-hybridized carbons (Fsp3) is 0.375. The van der Waals surface area contributed by atoms with Gasteiger partial charge in [0, 0.05) is 12.6 Å². The fourth-order valence-electron chi connectivity index (χ4n) is 0.941. The van der Waals surface area contributed by atoms with Gasteiger partial charge in [0.15, 0.2) is 0 Å². The molecule has 76 valence electrons. The third kappa shape index (κ3) is 2.58. The van der Waals surface area contributed by atoms with Crippen LogP contribution < -0.4 is 11.2 Å². The first kappa shape index (κ1) is 10.2. The van der Waals surface area contributed by atoms with Crippen molar-refractivity contribution in [3.05, 3.63) is 18.0 Å². The lowest BCUT2D eigenvalue weighted by atomic mass is 10.3. The van der Waals surface area contributed by atoms with Crippen molar-refractivity contribution >= 4 is 11.7 Å². The lowest BCUT2D eigenvalue weighted by Crippen LogP contribution is -2.23. The Labute approximate surface area is 81.6 Å². The zero-order valence-corrected chi connectivity index (χ0v) is 7.95. The van der Waals surface area contributed by atoms with Crippen molar-refractivity contribution in [2.75, 3.05) is 5.43 Å². The van der Waals surface area contributed by atoms with Gasteiger partial charge in [-0.2, -0.15) is 4.79 Å². The molecule has 0 spiro atoms. The summed E-state index contributed by atoms with van der Waals surface area (Å²) in [7, 11) is 0. The van der Waals surface area contributed by atoms with Crippen LogP contribution in [-0.4, -0.2) is 21.6 Å². The number of aromatic nitrogens is 2. The molecule has 0 atom stereocenters. The summed E-state index contributed by atoms with van der Waals surface area (Å²) < 4.78 is 0. The van der Waals surface area contributed by atoms with Gasteiger partial charge in [-0.1, -0.05) is 6.92 Å². The van der Waals surface area contributed by atoms with Crippen molar-refractivity contribution in [1.29, 1.82) is 5.41 Å². The van der Waals surface area contributed by atoms with E-state index in [4.69, 9.17) is 11.1 Å². The molecule has 0 bridgehead atoms. The monoisotopic (exact) mass is 195 g/mol. The number of hydrogen-bond donors (Lipinski definition) is 3. The molecule has 0 fully saturated rings. The van der Waals surface area contributed by atoms with E-state index in [1.54, 1.807) is 12.3 Å². The minimum atomic E-state index is -0.117. The third-order valence-electron chi connectivity index (χ3n) is 1.58. The first-order valence-electron chi connectivity index (χ1n) is 4.33. The summed E-state index contributed by atoms with van der Waals surface area (Å²) in [5.41, 5.74) is 8.09. The minimum Gasteiger partial charge on any atom is -0.382 e. The van der Waals surface area contributed by atoms with E-state index in [0.29, 0.717) is 12.1 Å². The second-order valence-corrected chi connectivity index (χ2v) is 2.84.